The number of carbonyl (C=O) groups is 2. The van der Waals surface area contributed by atoms with Crippen LogP contribution in [-0.2, 0) is 0 Å². The third-order valence-corrected chi connectivity index (χ3v) is 4.83. The number of ketones is 2. The first kappa shape index (κ1) is 16.4. The van der Waals surface area contributed by atoms with Gasteiger partial charge in [-0.05, 0) is 25.1 Å². The molecule has 0 unspecified atom stereocenters. The molecule has 0 aliphatic heterocycles. The molecule has 0 aromatic heterocycles. The maximum absolute atomic E-state index is 13.1. The first-order valence-electron chi connectivity index (χ1n) is 8.11. The van der Waals surface area contributed by atoms with Gasteiger partial charge in [0.1, 0.15) is 0 Å². The van der Waals surface area contributed by atoms with Crippen molar-refractivity contribution in [2.24, 2.45) is 0 Å². The van der Waals surface area contributed by atoms with E-state index in [9.17, 15) is 9.59 Å². The summed E-state index contributed by atoms with van der Waals surface area (Å²) in [4.78, 5) is 26.0. The lowest BCUT2D eigenvalue weighted by Crippen LogP contribution is -2.23. The number of hydrogen-bond donors (Lipinski definition) is 2. The molecule has 4 rings (SSSR count). The van der Waals surface area contributed by atoms with Crippen LogP contribution >= 0.6 is 11.6 Å². The number of nitrogens with one attached hydrogen (secondary N) is 1. The Labute approximate surface area is 155 Å². The minimum Gasteiger partial charge on any atom is -0.397 e. The van der Waals surface area contributed by atoms with Gasteiger partial charge in [-0.1, -0.05) is 53.6 Å². The standard InChI is InChI=1S/C21H15ClN2O2/c1-11-6-8-12(9-7-11)24-16-10-15(22)19(23)18-17(16)20(25)13-4-2-3-5-14(13)21(18)26/h2-10,24H,23H2,1H3. The monoisotopic (exact) mass is 362 g/mol. The van der Waals surface area contributed by atoms with Gasteiger partial charge in [0.05, 0.1) is 27.5 Å². The first-order chi connectivity index (χ1) is 12.5. The van der Waals surface area contributed by atoms with Gasteiger partial charge < -0.3 is 11.1 Å². The molecule has 26 heavy (non-hydrogen) atoms. The van der Waals surface area contributed by atoms with Crippen LogP contribution in [0.4, 0.5) is 17.1 Å². The van der Waals surface area contributed by atoms with E-state index < -0.39 is 0 Å². The number of nitrogens with two attached hydrogens (primary N) is 1. The van der Waals surface area contributed by atoms with Crippen LogP contribution in [0, 0.1) is 6.92 Å². The van der Waals surface area contributed by atoms with Crippen molar-refractivity contribution >= 4 is 40.2 Å². The maximum Gasteiger partial charge on any atom is 0.196 e. The van der Waals surface area contributed by atoms with Crippen molar-refractivity contribution < 1.29 is 9.59 Å². The third kappa shape index (κ3) is 2.47. The SMILES string of the molecule is Cc1ccc(Nc2cc(Cl)c(N)c3c2C(=O)c2ccccc2C3=O)cc1. The minimum atomic E-state index is -0.290. The second-order valence-corrected chi connectivity index (χ2v) is 6.67. The average Bonchev–Trinajstić information content (AvgIpc) is 2.64. The molecular weight excluding hydrogens is 348 g/mol. The fraction of sp³-hybridized carbons (Fsp3) is 0.0476. The van der Waals surface area contributed by atoms with E-state index in [1.807, 2.05) is 31.2 Å². The van der Waals surface area contributed by atoms with E-state index in [-0.39, 0.29) is 33.4 Å². The van der Waals surface area contributed by atoms with Gasteiger partial charge in [-0.2, -0.15) is 0 Å². The van der Waals surface area contributed by atoms with Gasteiger partial charge in [0.15, 0.2) is 11.6 Å². The Balaban J connectivity index is 1.93. The maximum atomic E-state index is 13.1. The molecule has 0 heterocycles. The highest BCUT2D eigenvalue weighted by Crippen LogP contribution is 2.40. The quantitative estimate of drug-likeness (QED) is 0.505. The van der Waals surface area contributed by atoms with Crippen molar-refractivity contribution in [3.63, 3.8) is 0 Å². The Kier molecular flexibility index (Phi) is 3.78. The zero-order chi connectivity index (χ0) is 18.4. The summed E-state index contributed by atoms with van der Waals surface area (Å²) < 4.78 is 0. The summed E-state index contributed by atoms with van der Waals surface area (Å²) in [5.74, 6) is -0.532. The van der Waals surface area contributed by atoms with Crippen LogP contribution in [0.25, 0.3) is 0 Å². The van der Waals surface area contributed by atoms with Crippen molar-refractivity contribution in [1.82, 2.24) is 0 Å². The highest BCUT2D eigenvalue weighted by atomic mass is 35.5. The van der Waals surface area contributed by atoms with Crippen LogP contribution in [0.5, 0.6) is 0 Å². The van der Waals surface area contributed by atoms with Crippen molar-refractivity contribution in [1.29, 1.82) is 0 Å². The van der Waals surface area contributed by atoms with E-state index >= 15 is 0 Å². The van der Waals surface area contributed by atoms with E-state index in [2.05, 4.69) is 5.32 Å². The number of carbonyl (C=O) groups excluding carboxylic acids is 2. The fourth-order valence-electron chi connectivity index (χ4n) is 3.18. The smallest absolute Gasteiger partial charge is 0.196 e. The Bertz CT molecular complexity index is 1070. The Morgan fingerprint density at radius 3 is 2.08 bits per heavy atom. The molecule has 0 saturated heterocycles. The number of fused-ring (bicyclic) bond motifs is 2. The predicted molar refractivity (Wildman–Crippen MR) is 104 cm³/mol. The molecule has 1 aliphatic rings. The average molecular weight is 363 g/mol. The van der Waals surface area contributed by atoms with Gasteiger partial charge in [0.2, 0.25) is 0 Å². The summed E-state index contributed by atoms with van der Waals surface area (Å²) >= 11 is 6.25. The summed E-state index contributed by atoms with van der Waals surface area (Å²) in [6, 6.07) is 16.0. The Morgan fingerprint density at radius 2 is 1.46 bits per heavy atom. The van der Waals surface area contributed by atoms with Gasteiger partial charge >= 0.3 is 0 Å². The molecular formula is C21H15ClN2O2. The molecule has 0 amide bonds. The Hall–Kier alpha value is -3.11. The normalized spacial score (nSPS) is 12.5. The molecule has 0 radical (unpaired) electrons. The van der Waals surface area contributed by atoms with E-state index in [0.717, 1.165) is 11.3 Å². The zero-order valence-electron chi connectivity index (χ0n) is 14.0. The van der Waals surface area contributed by atoms with Gasteiger partial charge in [-0.3, -0.25) is 9.59 Å². The van der Waals surface area contributed by atoms with Crippen molar-refractivity contribution in [3.8, 4) is 0 Å². The second-order valence-electron chi connectivity index (χ2n) is 6.26. The van der Waals surface area contributed by atoms with Crippen molar-refractivity contribution in [2.75, 3.05) is 11.1 Å². The summed E-state index contributed by atoms with van der Waals surface area (Å²) in [6.45, 7) is 1.99. The van der Waals surface area contributed by atoms with Crippen molar-refractivity contribution in [2.45, 2.75) is 6.92 Å². The molecule has 0 atom stereocenters. The number of rotatable bonds is 2. The van der Waals surface area contributed by atoms with E-state index in [0.29, 0.717) is 16.8 Å². The largest absolute Gasteiger partial charge is 0.397 e. The lowest BCUT2D eigenvalue weighted by atomic mass is 9.82. The molecule has 0 spiro atoms. The molecule has 0 fully saturated rings. The molecule has 3 aromatic carbocycles. The zero-order valence-corrected chi connectivity index (χ0v) is 14.7. The second kappa shape index (κ2) is 6.00. The van der Waals surface area contributed by atoms with Gasteiger partial charge in [0.25, 0.3) is 0 Å². The molecule has 1 aliphatic carbocycles. The third-order valence-electron chi connectivity index (χ3n) is 4.52. The summed E-state index contributed by atoms with van der Waals surface area (Å²) in [5, 5.41) is 3.43. The number of benzene rings is 3. The summed E-state index contributed by atoms with van der Waals surface area (Å²) in [6.07, 6.45) is 0. The Morgan fingerprint density at radius 1 is 0.885 bits per heavy atom. The van der Waals surface area contributed by atoms with Crippen LogP contribution in [0.15, 0.2) is 54.6 Å². The molecule has 128 valence electrons. The summed E-state index contributed by atoms with van der Waals surface area (Å²) in [5.41, 5.74) is 9.71. The van der Waals surface area contributed by atoms with Crippen LogP contribution in [-0.4, -0.2) is 11.6 Å². The molecule has 3 aromatic rings. The van der Waals surface area contributed by atoms with E-state index in [1.54, 1.807) is 30.3 Å². The molecule has 0 bridgehead atoms. The highest BCUT2D eigenvalue weighted by Gasteiger charge is 2.34. The molecule has 3 N–H and O–H groups in total. The topological polar surface area (TPSA) is 72.2 Å². The fourth-order valence-corrected chi connectivity index (χ4v) is 3.38. The lowest BCUT2D eigenvalue weighted by molar-refractivity contribution is 0.0980. The molecule has 0 saturated carbocycles. The van der Waals surface area contributed by atoms with Gasteiger partial charge in [-0.25, -0.2) is 0 Å². The van der Waals surface area contributed by atoms with Crippen LogP contribution in [0.1, 0.15) is 37.4 Å². The van der Waals surface area contributed by atoms with Crippen LogP contribution < -0.4 is 11.1 Å². The van der Waals surface area contributed by atoms with E-state index in [1.165, 1.54) is 0 Å². The first-order valence-corrected chi connectivity index (χ1v) is 8.49. The minimum absolute atomic E-state index is 0.129. The number of halogens is 1. The van der Waals surface area contributed by atoms with E-state index in [4.69, 9.17) is 17.3 Å². The number of nitrogen functional groups attached to an aromatic ring is 1. The summed E-state index contributed by atoms with van der Waals surface area (Å²) in [7, 11) is 0. The van der Waals surface area contributed by atoms with Crippen LogP contribution in [0.2, 0.25) is 5.02 Å². The van der Waals surface area contributed by atoms with Gasteiger partial charge in [0, 0.05) is 16.8 Å². The lowest BCUT2D eigenvalue weighted by Gasteiger charge is -2.23. The van der Waals surface area contributed by atoms with Crippen molar-refractivity contribution in [3.05, 3.63) is 87.4 Å². The number of anilines is 3. The van der Waals surface area contributed by atoms with Crippen LogP contribution in [0.3, 0.4) is 0 Å². The number of hydrogen-bond acceptors (Lipinski definition) is 4. The van der Waals surface area contributed by atoms with Gasteiger partial charge in [-0.15, -0.1) is 0 Å². The highest BCUT2D eigenvalue weighted by molar-refractivity contribution is 6.38. The molecule has 5 heteroatoms. The predicted octanol–water partition coefficient (Wildman–Crippen LogP) is 4.75. The molecule has 4 nitrogen and oxygen atoms in total. The number of aryl methyl sites for hydroxylation is 1.